The number of likely N-dealkylation sites (N-methyl/N-ethyl adjacent to an activating group) is 1. The van der Waals surface area contributed by atoms with E-state index in [-0.39, 0.29) is 18.4 Å². The number of carbonyl (C=O) groups is 2. The van der Waals surface area contributed by atoms with Crippen molar-refractivity contribution in [3.8, 4) is 0 Å². The number of hydrogen-bond acceptors (Lipinski definition) is 4. The Morgan fingerprint density at radius 3 is 2.46 bits per heavy atom. The number of nitrogens with one attached hydrogen (secondary N) is 1. The number of para-hydroxylation sites is 1. The Labute approximate surface area is 151 Å². The molecule has 1 heterocycles. The number of rotatable bonds is 5. The SMILES string of the molecule is CC(C(=O)N1CCOCC1)N(C)CC(=O)Nc1c(Cl)cccc1Cl. The van der Waals surface area contributed by atoms with E-state index in [1.807, 2.05) is 0 Å². The summed E-state index contributed by atoms with van der Waals surface area (Å²) in [5.74, 6) is -0.293. The van der Waals surface area contributed by atoms with Gasteiger partial charge in [0.2, 0.25) is 11.8 Å². The van der Waals surface area contributed by atoms with Crippen molar-refractivity contribution in [1.29, 1.82) is 0 Å². The van der Waals surface area contributed by atoms with Gasteiger partial charge < -0.3 is 15.0 Å². The lowest BCUT2D eigenvalue weighted by molar-refractivity contribution is -0.140. The largest absolute Gasteiger partial charge is 0.378 e. The second-order valence-corrected chi connectivity index (χ2v) is 6.49. The van der Waals surface area contributed by atoms with E-state index in [2.05, 4.69) is 5.32 Å². The highest BCUT2D eigenvalue weighted by atomic mass is 35.5. The van der Waals surface area contributed by atoms with Crippen LogP contribution in [-0.2, 0) is 14.3 Å². The summed E-state index contributed by atoms with van der Waals surface area (Å²) in [7, 11) is 1.73. The van der Waals surface area contributed by atoms with Crippen LogP contribution < -0.4 is 5.32 Å². The van der Waals surface area contributed by atoms with Crippen LogP contribution in [-0.4, -0.2) is 67.6 Å². The fourth-order valence-corrected chi connectivity index (χ4v) is 2.89. The van der Waals surface area contributed by atoms with Gasteiger partial charge in [0.25, 0.3) is 0 Å². The van der Waals surface area contributed by atoms with Crippen molar-refractivity contribution >= 4 is 40.7 Å². The Bertz CT molecular complexity index is 586. The number of hydrogen-bond donors (Lipinski definition) is 1. The molecule has 24 heavy (non-hydrogen) atoms. The maximum atomic E-state index is 12.4. The van der Waals surface area contributed by atoms with Crippen LogP contribution in [0.5, 0.6) is 0 Å². The van der Waals surface area contributed by atoms with E-state index in [0.29, 0.717) is 42.0 Å². The average Bonchev–Trinajstić information content (AvgIpc) is 2.57. The summed E-state index contributed by atoms with van der Waals surface area (Å²) in [4.78, 5) is 28.1. The Kier molecular flexibility index (Phi) is 6.86. The molecule has 1 unspecified atom stereocenters. The topological polar surface area (TPSA) is 61.9 Å². The van der Waals surface area contributed by atoms with Gasteiger partial charge in [0.05, 0.1) is 41.5 Å². The summed E-state index contributed by atoms with van der Waals surface area (Å²) in [6.45, 7) is 4.10. The van der Waals surface area contributed by atoms with Crippen molar-refractivity contribution in [3.05, 3.63) is 28.2 Å². The predicted octanol–water partition coefficient (Wildman–Crippen LogP) is 2.11. The van der Waals surface area contributed by atoms with Gasteiger partial charge in [-0.25, -0.2) is 0 Å². The van der Waals surface area contributed by atoms with E-state index < -0.39 is 6.04 Å². The average molecular weight is 374 g/mol. The molecule has 132 valence electrons. The Morgan fingerprint density at radius 2 is 1.88 bits per heavy atom. The minimum absolute atomic E-state index is 0.00984. The number of amides is 2. The molecule has 2 amide bonds. The summed E-state index contributed by atoms with van der Waals surface area (Å²) in [6, 6.07) is 4.60. The third-order valence-corrected chi connectivity index (χ3v) is 4.59. The molecule has 1 fully saturated rings. The van der Waals surface area contributed by atoms with Gasteiger partial charge in [0.15, 0.2) is 0 Å². The first-order valence-corrected chi connectivity index (χ1v) is 8.46. The maximum absolute atomic E-state index is 12.4. The van der Waals surface area contributed by atoms with E-state index in [1.165, 1.54) is 0 Å². The Balaban J connectivity index is 1.91. The zero-order chi connectivity index (χ0) is 17.7. The van der Waals surface area contributed by atoms with Gasteiger partial charge in [-0.3, -0.25) is 14.5 Å². The summed E-state index contributed by atoms with van der Waals surface area (Å²) >= 11 is 12.1. The third kappa shape index (κ3) is 4.83. The number of morpholine rings is 1. The zero-order valence-corrected chi connectivity index (χ0v) is 15.2. The van der Waals surface area contributed by atoms with Gasteiger partial charge in [0, 0.05) is 13.1 Å². The minimum atomic E-state index is -0.407. The van der Waals surface area contributed by atoms with Crippen LogP contribution in [0, 0.1) is 0 Å². The van der Waals surface area contributed by atoms with E-state index in [4.69, 9.17) is 27.9 Å². The second kappa shape index (κ2) is 8.67. The van der Waals surface area contributed by atoms with Gasteiger partial charge in [-0.2, -0.15) is 0 Å². The van der Waals surface area contributed by atoms with Crippen molar-refractivity contribution < 1.29 is 14.3 Å². The number of carbonyl (C=O) groups excluding carboxylic acids is 2. The van der Waals surface area contributed by atoms with Crippen LogP contribution in [0.25, 0.3) is 0 Å². The molecule has 1 atom stereocenters. The van der Waals surface area contributed by atoms with Crippen molar-refractivity contribution in [2.45, 2.75) is 13.0 Å². The fourth-order valence-electron chi connectivity index (χ4n) is 2.40. The van der Waals surface area contributed by atoms with Crippen LogP contribution in [0.2, 0.25) is 10.0 Å². The van der Waals surface area contributed by atoms with E-state index in [0.717, 1.165) is 0 Å². The molecule has 2 rings (SSSR count). The highest BCUT2D eigenvalue weighted by Gasteiger charge is 2.26. The molecule has 1 aromatic rings. The maximum Gasteiger partial charge on any atom is 0.239 e. The van der Waals surface area contributed by atoms with Crippen LogP contribution in [0.4, 0.5) is 5.69 Å². The van der Waals surface area contributed by atoms with Crippen LogP contribution in [0.3, 0.4) is 0 Å². The standard InChI is InChI=1S/C16H21Cl2N3O3/c1-11(16(23)21-6-8-24-9-7-21)20(2)10-14(22)19-15-12(17)4-3-5-13(15)18/h3-5,11H,6-10H2,1-2H3,(H,19,22). The lowest BCUT2D eigenvalue weighted by Crippen LogP contribution is -2.50. The van der Waals surface area contributed by atoms with E-state index in [9.17, 15) is 9.59 Å². The quantitative estimate of drug-likeness (QED) is 0.858. The van der Waals surface area contributed by atoms with Crippen molar-refractivity contribution in [2.75, 3.05) is 45.2 Å². The fraction of sp³-hybridized carbons (Fsp3) is 0.500. The van der Waals surface area contributed by atoms with E-state index >= 15 is 0 Å². The first-order valence-electron chi connectivity index (χ1n) is 7.70. The van der Waals surface area contributed by atoms with Gasteiger partial charge in [-0.15, -0.1) is 0 Å². The summed E-state index contributed by atoms with van der Waals surface area (Å²) in [6.07, 6.45) is 0. The molecular weight excluding hydrogens is 353 g/mol. The molecule has 1 saturated heterocycles. The van der Waals surface area contributed by atoms with Crippen LogP contribution in [0.15, 0.2) is 18.2 Å². The first kappa shape index (κ1) is 19.0. The van der Waals surface area contributed by atoms with Gasteiger partial charge >= 0.3 is 0 Å². The van der Waals surface area contributed by atoms with Gasteiger partial charge in [-0.05, 0) is 26.1 Å². The monoisotopic (exact) mass is 373 g/mol. The lowest BCUT2D eigenvalue weighted by Gasteiger charge is -2.32. The van der Waals surface area contributed by atoms with Crippen molar-refractivity contribution in [1.82, 2.24) is 9.80 Å². The molecule has 6 nitrogen and oxygen atoms in total. The molecule has 1 aromatic carbocycles. The Morgan fingerprint density at radius 1 is 1.29 bits per heavy atom. The third-order valence-electron chi connectivity index (χ3n) is 3.96. The smallest absolute Gasteiger partial charge is 0.239 e. The molecule has 1 aliphatic rings. The zero-order valence-electron chi connectivity index (χ0n) is 13.7. The number of benzene rings is 1. The highest BCUT2D eigenvalue weighted by molar-refractivity contribution is 6.39. The van der Waals surface area contributed by atoms with Crippen molar-refractivity contribution in [3.63, 3.8) is 0 Å². The molecule has 0 saturated carbocycles. The summed E-state index contributed by atoms with van der Waals surface area (Å²) in [5.41, 5.74) is 0.381. The lowest BCUT2D eigenvalue weighted by atomic mass is 10.2. The minimum Gasteiger partial charge on any atom is -0.378 e. The Hall–Kier alpha value is -1.34. The highest BCUT2D eigenvalue weighted by Crippen LogP contribution is 2.29. The predicted molar refractivity (Wildman–Crippen MR) is 94.6 cm³/mol. The molecular formula is C16H21Cl2N3O3. The van der Waals surface area contributed by atoms with Crippen LogP contribution >= 0.6 is 23.2 Å². The molecule has 1 aliphatic heterocycles. The van der Waals surface area contributed by atoms with Crippen LogP contribution in [0.1, 0.15) is 6.92 Å². The molecule has 0 bridgehead atoms. The molecule has 1 N–H and O–H groups in total. The molecule has 0 radical (unpaired) electrons. The molecule has 0 aromatic heterocycles. The first-order chi connectivity index (χ1) is 11.4. The normalized spacial score (nSPS) is 16.1. The number of ether oxygens (including phenoxy) is 1. The van der Waals surface area contributed by atoms with E-state index in [1.54, 1.807) is 42.0 Å². The summed E-state index contributed by atoms with van der Waals surface area (Å²) < 4.78 is 5.25. The molecule has 8 heteroatoms. The molecule has 0 spiro atoms. The number of halogens is 2. The second-order valence-electron chi connectivity index (χ2n) is 5.67. The van der Waals surface area contributed by atoms with Gasteiger partial charge in [0.1, 0.15) is 0 Å². The summed E-state index contributed by atoms with van der Waals surface area (Å²) in [5, 5.41) is 3.44. The number of nitrogens with zero attached hydrogens (tertiary/aromatic N) is 2. The van der Waals surface area contributed by atoms with Gasteiger partial charge in [-0.1, -0.05) is 29.3 Å². The number of anilines is 1. The molecule has 0 aliphatic carbocycles. The van der Waals surface area contributed by atoms with Crippen molar-refractivity contribution in [2.24, 2.45) is 0 Å².